The van der Waals surface area contributed by atoms with E-state index in [1.807, 2.05) is 0 Å². The Hall–Kier alpha value is -2.19. The highest BCUT2D eigenvalue weighted by Gasteiger charge is 2.31. The maximum atomic E-state index is 13.0. The highest BCUT2D eigenvalue weighted by atomic mass is 32.1. The molecule has 0 unspecified atom stereocenters. The zero-order valence-electron chi connectivity index (χ0n) is 20.6. The number of anilines is 1. The number of nitrogens with zero attached hydrogens (tertiary/aromatic N) is 3. The lowest BCUT2D eigenvalue weighted by Crippen LogP contribution is -2.46. The van der Waals surface area contributed by atoms with Gasteiger partial charge in [-0.1, -0.05) is 68.9 Å². The summed E-state index contributed by atoms with van der Waals surface area (Å²) in [5.74, 6) is 2.04. The Morgan fingerprint density at radius 2 is 1.83 bits per heavy atom. The molecule has 0 amide bonds. The van der Waals surface area contributed by atoms with E-state index in [2.05, 4.69) is 50.5 Å². The smallest absolute Gasteiger partial charge is 0.366 e. The van der Waals surface area contributed by atoms with E-state index in [1.165, 1.54) is 50.4 Å². The second-order valence-electron chi connectivity index (χ2n) is 10.5. The molecular weight excluding hydrogens is 481 g/mol. The number of aromatic nitrogens is 2. The summed E-state index contributed by atoms with van der Waals surface area (Å²) in [7, 11) is 0. The molecule has 0 bridgehead atoms. The lowest BCUT2D eigenvalue weighted by Gasteiger charge is -2.39. The van der Waals surface area contributed by atoms with Gasteiger partial charge >= 0.3 is 6.18 Å². The summed E-state index contributed by atoms with van der Waals surface area (Å²) in [4.78, 5) is 12.2. The molecule has 8 heteroatoms. The fourth-order valence-electron chi connectivity index (χ4n) is 6.02. The van der Waals surface area contributed by atoms with E-state index in [4.69, 9.17) is 0 Å². The van der Waals surface area contributed by atoms with Gasteiger partial charge in [0.2, 0.25) is 0 Å². The Balaban J connectivity index is 1.29. The van der Waals surface area contributed by atoms with Crippen molar-refractivity contribution >= 4 is 27.4 Å². The van der Waals surface area contributed by atoms with Gasteiger partial charge in [-0.3, -0.25) is 4.90 Å². The van der Waals surface area contributed by atoms with E-state index < -0.39 is 12.6 Å². The van der Waals surface area contributed by atoms with Crippen molar-refractivity contribution in [3.05, 3.63) is 53.2 Å². The van der Waals surface area contributed by atoms with Crippen molar-refractivity contribution in [2.75, 3.05) is 18.4 Å². The SMILES string of the molecule is FC(F)(F)Cc1cc2c(N[C@H]3CCN(Cc4ccccc4)C[C@@H]3CCCC3CCCC3)ncnc2s1. The molecule has 5 rings (SSSR count). The Labute approximate surface area is 215 Å². The van der Waals surface area contributed by atoms with Crippen molar-refractivity contribution in [2.45, 2.75) is 76.6 Å². The normalized spacial score (nSPS) is 21.9. The van der Waals surface area contributed by atoms with Gasteiger partial charge in [-0.2, -0.15) is 13.2 Å². The van der Waals surface area contributed by atoms with E-state index >= 15 is 0 Å². The molecule has 1 aliphatic carbocycles. The Bertz CT molecular complexity index is 1110. The minimum atomic E-state index is -4.22. The summed E-state index contributed by atoms with van der Waals surface area (Å²) in [5.41, 5.74) is 1.33. The van der Waals surface area contributed by atoms with Gasteiger partial charge in [-0.15, -0.1) is 11.3 Å². The van der Waals surface area contributed by atoms with Gasteiger partial charge in [0.05, 0.1) is 11.8 Å². The number of hydrogen-bond acceptors (Lipinski definition) is 5. The average molecular weight is 517 g/mol. The van der Waals surface area contributed by atoms with Crippen molar-refractivity contribution in [1.82, 2.24) is 14.9 Å². The molecule has 2 fully saturated rings. The monoisotopic (exact) mass is 516 g/mol. The van der Waals surface area contributed by atoms with Crippen LogP contribution in [0.5, 0.6) is 0 Å². The Kier molecular flexibility index (Phi) is 8.11. The number of benzene rings is 1. The average Bonchev–Trinajstić information content (AvgIpc) is 3.50. The molecule has 1 N–H and O–H groups in total. The number of likely N-dealkylation sites (tertiary alicyclic amines) is 1. The highest BCUT2D eigenvalue weighted by molar-refractivity contribution is 7.18. The minimum Gasteiger partial charge on any atom is -0.366 e. The molecule has 3 heterocycles. The maximum Gasteiger partial charge on any atom is 0.393 e. The number of rotatable bonds is 9. The van der Waals surface area contributed by atoms with Gasteiger partial charge in [0.25, 0.3) is 0 Å². The van der Waals surface area contributed by atoms with Crippen molar-refractivity contribution in [3.63, 3.8) is 0 Å². The van der Waals surface area contributed by atoms with Gasteiger partial charge in [0.15, 0.2) is 0 Å². The number of fused-ring (bicyclic) bond motifs is 1. The van der Waals surface area contributed by atoms with Crippen molar-refractivity contribution in [1.29, 1.82) is 0 Å². The molecule has 2 atom stereocenters. The summed E-state index contributed by atoms with van der Waals surface area (Å²) >= 11 is 1.11. The summed E-state index contributed by atoms with van der Waals surface area (Å²) in [6.07, 6.45) is 6.54. The predicted molar refractivity (Wildman–Crippen MR) is 140 cm³/mol. The fraction of sp³-hybridized carbons (Fsp3) is 0.571. The first-order valence-electron chi connectivity index (χ1n) is 13.3. The molecule has 1 saturated heterocycles. The van der Waals surface area contributed by atoms with Gasteiger partial charge in [-0.25, -0.2) is 9.97 Å². The quantitative estimate of drug-likeness (QED) is 0.321. The lowest BCUT2D eigenvalue weighted by atomic mass is 9.86. The van der Waals surface area contributed by atoms with Crippen LogP contribution in [-0.4, -0.2) is 40.2 Å². The number of hydrogen-bond donors (Lipinski definition) is 1. The molecule has 3 aromatic rings. The first-order chi connectivity index (χ1) is 17.4. The molecule has 0 radical (unpaired) electrons. The molecule has 0 spiro atoms. The third-order valence-electron chi connectivity index (χ3n) is 7.81. The van der Waals surface area contributed by atoms with E-state index in [1.54, 1.807) is 6.07 Å². The van der Waals surface area contributed by atoms with Crippen LogP contribution in [0.4, 0.5) is 19.0 Å². The molecule has 36 heavy (non-hydrogen) atoms. The van der Waals surface area contributed by atoms with Crippen LogP contribution in [0.25, 0.3) is 10.2 Å². The van der Waals surface area contributed by atoms with Crippen LogP contribution in [0.2, 0.25) is 0 Å². The van der Waals surface area contributed by atoms with E-state index in [0.717, 1.165) is 49.7 Å². The molecule has 4 nitrogen and oxygen atoms in total. The first kappa shape index (κ1) is 25.5. The van der Waals surface area contributed by atoms with Gasteiger partial charge in [0, 0.05) is 30.6 Å². The van der Waals surface area contributed by atoms with Crippen LogP contribution < -0.4 is 5.32 Å². The van der Waals surface area contributed by atoms with Crippen molar-refractivity contribution in [3.8, 4) is 0 Å². The zero-order valence-corrected chi connectivity index (χ0v) is 21.5. The molecule has 2 aliphatic rings. The number of piperidine rings is 1. The maximum absolute atomic E-state index is 13.0. The topological polar surface area (TPSA) is 41.0 Å². The van der Waals surface area contributed by atoms with E-state index in [0.29, 0.717) is 22.0 Å². The van der Waals surface area contributed by atoms with Crippen LogP contribution >= 0.6 is 11.3 Å². The fourth-order valence-corrected chi connectivity index (χ4v) is 7.05. The van der Waals surface area contributed by atoms with Crippen LogP contribution in [0, 0.1) is 11.8 Å². The molecule has 2 aromatic heterocycles. The molecular formula is C28H35F3N4S. The summed E-state index contributed by atoms with van der Waals surface area (Å²) < 4.78 is 38.9. The number of halogens is 3. The first-order valence-corrected chi connectivity index (χ1v) is 14.1. The van der Waals surface area contributed by atoms with Gasteiger partial charge < -0.3 is 5.32 Å². The Morgan fingerprint density at radius 3 is 2.61 bits per heavy atom. The lowest BCUT2D eigenvalue weighted by molar-refractivity contribution is -0.126. The third kappa shape index (κ3) is 6.76. The minimum absolute atomic E-state index is 0.254. The van der Waals surface area contributed by atoms with Crippen molar-refractivity contribution in [2.24, 2.45) is 11.8 Å². The third-order valence-corrected chi connectivity index (χ3v) is 8.85. The van der Waals surface area contributed by atoms with Gasteiger partial charge in [0.1, 0.15) is 17.0 Å². The predicted octanol–water partition coefficient (Wildman–Crippen LogP) is 7.46. The van der Waals surface area contributed by atoms with E-state index in [-0.39, 0.29) is 10.9 Å². The molecule has 1 saturated carbocycles. The zero-order chi connectivity index (χ0) is 25.0. The second kappa shape index (κ2) is 11.5. The van der Waals surface area contributed by atoms with Crippen molar-refractivity contribution < 1.29 is 13.2 Å². The largest absolute Gasteiger partial charge is 0.393 e. The summed E-state index contributed by atoms with van der Waals surface area (Å²) in [5, 5.41) is 4.37. The number of nitrogens with one attached hydrogen (secondary N) is 1. The number of alkyl halides is 3. The van der Waals surface area contributed by atoms with Gasteiger partial charge in [-0.05, 0) is 36.3 Å². The second-order valence-corrected chi connectivity index (χ2v) is 11.7. The standard InChI is InChI=1S/C28H35F3N4S/c29-28(30,31)16-23-15-24-26(32-19-33-27(24)36-23)34-25-13-14-35(17-21-9-2-1-3-10-21)18-22(25)12-6-11-20-7-4-5-8-20/h1-3,9-10,15,19-20,22,25H,4-8,11-14,16-18H2,(H,32,33,34)/t22-,25-/m0/s1. The number of thiophene rings is 1. The van der Waals surface area contributed by atoms with Crippen LogP contribution in [0.1, 0.15) is 61.8 Å². The molecule has 194 valence electrons. The van der Waals surface area contributed by atoms with E-state index in [9.17, 15) is 13.2 Å². The van der Waals surface area contributed by atoms with Crippen LogP contribution in [0.15, 0.2) is 42.7 Å². The Morgan fingerprint density at radius 1 is 1.03 bits per heavy atom. The van der Waals surface area contributed by atoms with Crippen LogP contribution in [-0.2, 0) is 13.0 Å². The highest BCUT2D eigenvalue weighted by Crippen LogP contribution is 2.35. The molecule has 1 aromatic carbocycles. The van der Waals surface area contributed by atoms with Crippen LogP contribution in [0.3, 0.4) is 0 Å². The summed E-state index contributed by atoms with van der Waals surface area (Å²) in [6, 6.07) is 12.5. The summed E-state index contributed by atoms with van der Waals surface area (Å²) in [6.45, 7) is 2.97. The molecule has 1 aliphatic heterocycles.